The second-order valence-electron chi connectivity index (χ2n) is 5.69. The van der Waals surface area contributed by atoms with Crippen LogP contribution in [0.3, 0.4) is 0 Å². The summed E-state index contributed by atoms with van der Waals surface area (Å²) in [5, 5.41) is 0.708. The highest BCUT2D eigenvalue weighted by atomic mass is 79.9. The fraction of sp³-hybridized carbons (Fsp3) is 0.294. The van der Waals surface area contributed by atoms with Crippen LogP contribution < -0.4 is 9.64 Å². The number of halogens is 2. The maximum absolute atomic E-state index is 13.0. The highest BCUT2D eigenvalue weighted by Gasteiger charge is 2.22. The highest BCUT2D eigenvalue weighted by molar-refractivity contribution is 9.11. The Kier molecular flexibility index (Phi) is 7.42. The van der Waals surface area contributed by atoms with E-state index in [9.17, 15) is 4.79 Å². The van der Waals surface area contributed by atoms with E-state index in [1.54, 1.807) is 12.0 Å². The van der Waals surface area contributed by atoms with Crippen LogP contribution in [0.25, 0.3) is 10.2 Å². The molecule has 3 rings (SSSR count). The Morgan fingerprint density at radius 1 is 1.19 bits per heavy atom. The highest BCUT2D eigenvalue weighted by Crippen LogP contribution is 2.33. The van der Waals surface area contributed by atoms with Crippen LogP contribution in [-0.2, 0) is 0 Å². The number of thiazole rings is 1. The summed E-state index contributed by atoms with van der Waals surface area (Å²) in [6.45, 7) is 1.34. The summed E-state index contributed by atoms with van der Waals surface area (Å²) in [6, 6.07) is 9.49. The molecule has 0 saturated carbocycles. The zero-order valence-electron chi connectivity index (χ0n) is 14.6. The second-order valence-corrected chi connectivity index (χ2v) is 9.17. The van der Waals surface area contributed by atoms with Crippen LogP contribution in [0.4, 0.5) is 5.13 Å². The van der Waals surface area contributed by atoms with Gasteiger partial charge in [-0.2, -0.15) is 0 Å². The Hall–Kier alpha value is -1.19. The Bertz CT molecular complexity index is 897. The van der Waals surface area contributed by atoms with Gasteiger partial charge < -0.3 is 9.64 Å². The molecule has 5 nitrogen and oxygen atoms in total. The smallest absolute Gasteiger partial charge is 0.270 e. The van der Waals surface area contributed by atoms with Crippen LogP contribution in [0, 0.1) is 0 Å². The number of carbonyl (C=O) groups excluding carboxylic acids is 1. The van der Waals surface area contributed by atoms with Crippen LogP contribution in [0.5, 0.6) is 5.75 Å². The molecule has 0 spiro atoms. The van der Waals surface area contributed by atoms with Crippen molar-refractivity contribution in [3.8, 4) is 5.75 Å². The lowest BCUT2D eigenvalue weighted by molar-refractivity contribution is 0.0989. The number of amides is 1. The minimum absolute atomic E-state index is 0. The van der Waals surface area contributed by atoms with Crippen molar-refractivity contribution in [3.05, 3.63) is 39.0 Å². The molecule has 0 radical (unpaired) electrons. The number of methoxy groups -OCH3 is 1. The quantitative estimate of drug-likeness (QED) is 0.514. The number of likely N-dealkylation sites (N-methyl/N-ethyl adjacent to an activating group) is 1. The average Bonchev–Trinajstić information content (AvgIpc) is 3.19. The van der Waals surface area contributed by atoms with E-state index >= 15 is 0 Å². The molecule has 0 aliphatic rings. The topological polar surface area (TPSA) is 45.7 Å². The molecular weight excluding hydrogens is 458 g/mol. The van der Waals surface area contributed by atoms with Gasteiger partial charge in [0.25, 0.3) is 5.91 Å². The third-order valence-electron chi connectivity index (χ3n) is 3.62. The summed E-state index contributed by atoms with van der Waals surface area (Å²) in [4.78, 5) is 22.2. The van der Waals surface area contributed by atoms with E-state index in [0.29, 0.717) is 16.6 Å². The molecule has 0 aliphatic carbocycles. The van der Waals surface area contributed by atoms with Crippen LogP contribution in [-0.4, -0.2) is 50.1 Å². The first-order chi connectivity index (χ1) is 12.0. The molecule has 2 heterocycles. The fourth-order valence-electron chi connectivity index (χ4n) is 2.28. The molecule has 3 aromatic rings. The third kappa shape index (κ3) is 4.75. The van der Waals surface area contributed by atoms with Gasteiger partial charge in [0.15, 0.2) is 5.13 Å². The zero-order chi connectivity index (χ0) is 18.0. The maximum Gasteiger partial charge on any atom is 0.270 e. The summed E-state index contributed by atoms with van der Waals surface area (Å²) in [7, 11) is 5.63. The summed E-state index contributed by atoms with van der Waals surface area (Å²) < 4.78 is 7.22. The standard InChI is InChI=1S/C17H18BrN3O2S2.ClH/c1-20(2)8-9-21(16(22)13-6-7-15(18)24-13)17-19-12-5-4-11(23-3)10-14(12)25-17;/h4-7,10H,8-9H2,1-3H3;1H. The molecule has 0 atom stereocenters. The lowest BCUT2D eigenvalue weighted by Crippen LogP contribution is -2.36. The Morgan fingerprint density at radius 2 is 1.96 bits per heavy atom. The zero-order valence-corrected chi connectivity index (χ0v) is 18.6. The predicted molar refractivity (Wildman–Crippen MR) is 116 cm³/mol. The number of fused-ring (bicyclic) bond motifs is 1. The van der Waals surface area contributed by atoms with Crippen LogP contribution in [0.15, 0.2) is 34.1 Å². The average molecular weight is 477 g/mol. The van der Waals surface area contributed by atoms with Crippen molar-refractivity contribution in [1.29, 1.82) is 0 Å². The lowest BCUT2D eigenvalue weighted by Gasteiger charge is -2.21. The molecule has 1 amide bonds. The molecule has 26 heavy (non-hydrogen) atoms. The summed E-state index contributed by atoms with van der Waals surface area (Å²) in [5.41, 5.74) is 0.871. The predicted octanol–water partition coefficient (Wildman–Crippen LogP) is 4.76. The van der Waals surface area contributed by atoms with Gasteiger partial charge in [-0.15, -0.1) is 23.7 Å². The minimum atomic E-state index is -0.0245. The van der Waals surface area contributed by atoms with Gasteiger partial charge in [0.05, 0.1) is 26.0 Å². The van der Waals surface area contributed by atoms with Crippen LogP contribution in [0.1, 0.15) is 9.67 Å². The van der Waals surface area contributed by atoms with E-state index in [1.165, 1.54) is 22.7 Å². The number of anilines is 1. The fourth-order valence-corrected chi connectivity index (χ4v) is 4.64. The van der Waals surface area contributed by atoms with Gasteiger partial charge in [-0.05, 0) is 60.4 Å². The SMILES string of the molecule is COc1ccc2nc(N(CCN(C)C)C(=O)c3ccc(Br)s3)sc2c1.Cl. The third-order valence-corrected chi connectivity index (χ3v) is 6.27. The first-order valence-electron chi connectivity index (χ1n) is 7.64. The van der Waals surface area contributed by atoms with E-state index in [4.69, 9.17) is 4.74 Å². The van der Waals surface area contributed by atoms with Gasteiger partial charge in [0.1, 0.15) is 5.75 Å². The summed E-state index contributed by atoms with van der Waals surface area (Å²) in [6.07, 6.45) is 0. The van der Waals surface area contributed by atoms with E-state index in [2.05, 4.69) is 25.8 Å². The first-order valence-corrected chi connectivity index (χ1v) is 10.1. The van der Waals surface area contributed by atoms with Gasteiger partial charge in [-0.1, -0.05) is 11.3 Å². The number of ether oxygens (including phenoxy) is 1. The van der Waals surface area contributed by atoms with E-state index in [1.807, 2.05) is 44.4 Å². The minimum Gasteiger partial charge on any atom is -0.497 e. The summed E-state index contributed by atoms with van der Waals surface area (Å²) >= 11 is 6.36. The van der Waals surface area contributed by atoms with Crippen molar-refractivity contribution in [2.45, 2.75) is 0 Å². The molecule has 0 aliphatic heterocycles. The van der Waals surface area contributed by atoms with E-state index in [0.717, 1.165) is 26.3 Å². The number of rotatable bonds is 6. The molecule has 2 aromatic heterocycles. The maximum atomic E-state index is 13.0. The number of aromatic nitrogens is 1. The number of hydrogen-bond donors (Lipinski definition) is 0. The normalized spacial score (nSPS) is 10.8. The van der Waals surface area contributed by atoms with Crippen molar-refractivity contribution in [1.82, 2.24) is 9.88 Å². The van der Waals surface area contributed by atoms with E-state index < -0.39 is 0 Å². The van der Waals surface area contributed by atoms with Gasteiger partial charge in [-0.3, -0.25) is 9.69 Å². The molecule has 1 aromatic carbocycles. The number of carbonyl (C=O) groups is 1. The molecule has 0 saturated heterocycles. The molecule has 0 fully saturated rings. The largest absolute Gasteiger partial charge is 0.497 e. The lowest BCUT2D eigenvalue weighted by atomic mass is 10.3. The molecule has 9 heteroatoms. The molecular formula is C17H19BrClN3O2S2. The van der Waals surface area contributed by atoms with Crippen molar-refractivity contribution in [2.75, 3.05) is 39.2 Å². The number of thiophene rings is 1. The van der Waals surface area contributed by atoms with Gasteiger partial charge in [0, 0.05) is 13.1 Å². The monoisotopic (exact) mass is 475 g/mol. The molecule has 140 valence electrons. The van der Waals surface area contributed by atoms with E-state index in [-0.39, 0.29) is 18.3 Å². The number of nitrogens with zero attached hydrogens (tertiary/aromatic N) is 3. The molecule has 0 N–H and O–H groups in total. The number of hydrogen-bond acceptors (Lipinski definition) is 6. The number of benzene rings is 1. The first kappa shape index (κ1) is 21.1. The van der Waals surface area contributed by atoms with Crippen molar-refractivity contribution >= 4 is 72.3 Å². The van der Waals surface area contributed by atoms with Crippen molar-refractivity contribution < 1.29 is 9.53 Å². The van der Waals surface area contributed by atoms with Gasteiger partial charge >= 0.3 is 0 Å². The molecule has 0 bridgehead atoms. The van der Waals surface area contributed by atoms with Crippen molar-refractivity contribution in [3.63, 3.8) is 0 Å². The van der Waals surface area contributed by atoms with Crippen LogP contribution in [0.2, 0.25) is 0 Å². The van der Waals surface area contributed by atoms with Gasteiger partial charge in [0.2, 0.25) is 0 Å². The summed E-state index contributed by atoms with van der Waals surface area (Å²) in [5.74, 6) is 0.764. The molecule has 0 unspecified atom stereocenters. The Labute approximate surface area is 175 Å². The Balaban J connectivity index is 0.00000243. The van der Waals surface area contributed by atoms with Crippen LogP contribution >= 0.6 is 51.0 Å². The van der Waals surface area contributed by atoms with Gasteiger partial charge in [-0.25, -0.2) is 4.98 Å². The van der Waals surface area contributed by atoms with Crippen molar-refractivity contribution in [2.24, 2.45) is 0 Å². The Morgan fingerprint density at radius 3 is 2.58 bits per heavy atom. The second kappa shape index (κ2) is 9.14.